The molecule has 3 aromatic rings. The summed E-state index contributed by atoms with van der Waals surface area (Å²) in [5.41, 5.74) is -17.7. The van der Waals surface area contributed by atoms with Crippen molar-refractivity contribution in [3.05, 3.63) is 108 Å². The van der Waals surface area contributed by atoms with Crippen LogP contribution in [0.2, 0.25) is 0 Å². The molecule has 0 aromatic heterocycles. The number of hydrogen-bond donors (Lipinski definition) is 7. The summed E-state index contributed by atoms with van der Waals surface area (Å²) in [6.45, 7) is 22.5. The number of hydrogen-bond acceptors (Lipinski definition) is 18. The van der Waals surface area contributed by atoms with Gasteiger partial charge < -0.3 is 64.2 Å². The Balaban J connectivity index is 0.000000466. The number of halogens is 31. The minimum absolute atomic E-state index is 0.0180. The van der Waals surface area contributed by atoms with E-state index in [4.69, 9.17) is 19.7 Å². The molecule has 5 aliphatic rings. The second kappa shape index (κ2) is 45.4. The summed E-state index contributed by atoms with van der Waals surface area (Å²) in [5.74, 6) is -21.8. The molecule has 0 aliphatic heterocycles. The van der Waals surface area contributed by atoms with E-state index in [0.29, 0.717) is 42.1 Å². The van der Waals surface area contributed by atoms with Gasteiger partial charge in [0.1, 0.15) is 36.4 Å². The van der Waals surface area contributed by atoms with E-state index < -0.39 is 206 Å². The minimum atomic E-state index is -6.18. The van der Waals surface area contributed by atoms with Crippen LogP contribution >= 0.6 is 15.9 Å². The smallest absolute Gasteiger partial charge is 0.414 e. The number of aliphatic hydroxyl groups excluding tert-OH is 3. The molecular weight excluding hydrogens is 2010 g/mol. The van der Waals surface area contributed by atoms with Crippen LogP contribution in [0.5, 0.6) is 0 Å². The molecule has 0 heterocycles. The summed E-state index contributed by atoms with van der Waals surface area (Å²) in [6, 6.07) is 21.6. The summed E-state index contributed by atoms with van der Waals surface area (Å²) in [7, 11) is 0. The van der Waals surface area contributed by atoms with E-state index in [1.807, 2.05) is 34.6 Å². The van der Waals surface area contributed by atoms with Gasteiger partial charge in [-0.15, -0.1) is 0 Å². The van der Waals surface area contributed by atoms with Gasteiger partial charge in [0.2, 0.25) is 17.3 Å². The molecular formula is C87H107BrF30O20. The highest BCUT2D eigenvalue weighted by Gasteiger charge is 2.81. The number of fused-ring (bicyclic) bond motifs is 7. The third-order valence-electron chi connectivity index (χ3n) is 26.0. The zero-order chi connectivity index (χ0) is 108. The molecule has 7 N–H and O–H groups in total. The lowest BCUT2D eigenvalue weighted by atomic mass is 9.32. The SMILES string of the molecule is CC(C)(C)OC(=O)CBr.CC(C)(C)OC(=O)CC(C(=O)OCc1ccccc1)(C(F)(F)F)C(F)(F)F.CC(C)[C@H]1CC[C@]2(C(O)O)CC[C@@]3(C)[C@@H](CC[C@@H]4[C@]5(C)CC[C@H](O[C@H](O)CC(C(O)O)(C(F)(F)F)C(F)(F)F)C(C)(C)[C@@H]5CC[C@@]43C)[C@@H]12.O=C(O)C(C(F)(F)F)C(F)(F)F.O=C(O)CC(C(=O)OCc1ccccc1)(C(F)(F)F)C(F)(F)F.O=C(OCc1ccccc1)C(C(F)(F)F)C(F)(F)F. The highest BCUT2D eigenvalue weighted by molar-refractivity contribution is 9.09. The topological polar surface area (TPSA) is 316 Å². The monoisotopic (exact) mass is 2120 g/mol. The first kappa shape index (κ1) is 124. The van der Waals surface area contributed by atoms with Crippen molar-refractivity contribution in [2.75, 3.05) is 5.33 Å². The standard InChI is InChI=1S/C36H58F6O6.C17H18F6O4.C13H10F6O4.C11H8F6O2.C6H11BrO2.C4H2F6O2/c1-19(2)20-10-15-33(27(44)45)17-16-31(6)21(26(20)33)8-9-23-30(5)13-12-24(29(3,4)22(30)11-14-32(23,31)7)48-25(43)18-34(28(46)47,35(37,38)39)36(40,41)42;1-14(2,3)27-12(24)9-15(16(18,19)20,17(21,22)23)13(25)26-10-11-7-5-4-6-8-11;14-12(15,16)11(6-9(20)21,13(17,18)19)10(22)23-7-8-4-2-1-3-5-8;12-10(13,14)8(11(15,16)17)9(18)19-6-7-4-2-1-3-5-7;1-6(2,3)9-5(8)4-7;5-3(6,7)1(2(11)12)4(8,9)10/h19-28,43-47H,8-18H2,1-7H3;4-8H,9-10H2,1-3H3;1-5H,6-7H2,(H,20,21);1-5,8H,6H2;4H2,1-3H3;1H,(H,11,12)/t20-,21+,22+,23-,24+,25+,26-,30-,31+,32+,33+;;;;;/m1...../s1. The van der Waals surface area contributed by atoms with Crippen molar-refractivity contribution in [1.29, 1.82) is 0 Å². The molecule has 792 valence electrons. The van der Waals surface area contributed by atoms with Gasteiger partial charge in [0.25, 0.3) is 10.8 Å². The highest BCUT2D eigenvalue weighted by atomic mass is 79.9. The van der Waals surface area contributed by atoms with E-state index in [0.717, 1.165) is 51.4 Å². The van der Waals surface area contributed by atoms with Crippen LogP contribution in [-0.4, -0.2) is 181 Å². The lowest BCUT2D eigenvalue weighted by molar-refractivity contribution is -0.407. The maximum absolute atomic E-state index is 13.8. The summed E-state index contributed by atoms with van der Waals surface area (Å²) in [6.07, 6.45) is -67.3. The maximum Gasteiger partial charge on any atom is 0.414 e. The lowest BCUT2D eigenvalue weighted by Gasteiger charge is -2.73. The normalized spacial score (nSPS) is 23.6. The quantitative estimate of drug-likeness (QED) is 0.0162. The first-order valence-corrected chi connectivity index (χ1v) is 42.9. The molecule has 20 nitrogen and oxygen atoms in total. The Labute approximate surface area is 779 Å². The second-order valence-electron chi connectivity index (χ2n) is 37.7. The van der Waals surface area contributed by atoms with Crippen molar-refractivity contribution < 1.29 is 229 Å². The molecule has 0 unspecified atom stereocenters. The van der Waals surface area contributed by atoms with Gasteiger partial charge in [-0.05, 0) is 180 Å². The van der Waals surface area contributed by atoms with E-state index in [-0.39, 0.29) is 56.1 Å². The number of esters is 5. The molecule has 5 aliphatic carbocycles. The summed E-state index contributed by atoms with van der Waals surface area (Å²) >= 11 is 2.99. The third kappa shape index (κ3) is 29.4. The number of rotatable bonds is 22. The molecule has 138 heavy (non-hydrogen) atoms. The molecule has 0 spiro atoms. The molecule has 11 atom stereocenters. The number of benzene rings is 3. The van der Waals surface area contributed by atoms with Crippen LogP contribution in [-0.2, 0) is 81.8 Å². The van der Waals surface area contributed by atoms with Gasteiger partial charge in [-0.1, -0.05) is 155 Å². The van der Waals surface area contributed by atoms with E-state index >= 15 is 0 Å². The fourth-order valence-electron chi connectivity index (χ4n) is 19.4. The van der Waals surface area contributed by atoms with Gasteiger partial charge in [-0.2, -0.15) is 132 Å². The van der Waals surface area contributed by atoms with Gasteiger partial charge in [-0.3, -0.25) is 33.6 Å². The highest BCUT2D eigenvalue weighted by Crippen LogP contribution is 2.78. The number of ether oxygens (including phenoxy) is 6. The largest absolute Gasteiger partial charge is 0.481 e. The molecule has 0 saturated heterocycles. The number of carbonyl (C=O) groups excluding carboxylic acids is 5. The van der Waals surface area contributed by atoms with Crippen LogP contribution < -0.4 is 0 Å². The van der Waals surface area contributed by atoms with Crippen LogP contribution in [0.15, 0.2) is 91.0 Å². The fraction of sp³-hybridized carbons (Fsp3) is 0.713. The molecule has 3 aromatic carbocycles. The molecule has 51 heteroatoms. The van der Waals surface area contributed by atoms with Crippen molar-refractivity contribution in [1.82, 2.24) is 0 Å². The summed E-state index contributed by atoms with van der Waals surface area (Å²) in [4.78, 5) is 76.8. The van der Waals surface area contributed by atoms with Crippen LogP contribution in [0.3, 0.4) is 0 Å². The van der Waals surface area contributed by atoms with Crippen molar-refractivity contribution in [3.63, 3.8) is 0 Å². The predicted molar refractivity (Wildman–Crippen MR) is 424 cm³/mol. The molecule has 8 rings (SSSR count). The van der Waals surface area contributed by atoms with Crippen LogP contribution in [0, 0.1) is 90.7 Å². The van der Waals surface area contributed by atoms with Gasteiger partial charge >= 0.3 is 104 Å². The lowest BCUT2D eigenvalue weighted by Crippen LogP contribution is -2.67. The van der Waals surface area contributed by atoms with Crippen LogP contribution in [0.1, 0.15) is 190 Å². The van der Waals surface area contributed by atoms with Crippen molar-refractivity contribution >= 4 is 57.7 Å². The molecule has 0 radical (unpaired) electrons. The van der Waals surface area contributed by atoms with Gasteiger partial charge in [0.15, 0.2) is 18.9 Å². The van der Waals surface area contributed by atoms with E-state index in [1.54, 1.807) is 12.1 Å². The van der Waals surface area contributed by atoms with Crippen molar-refractivity contribution in [2.45, 2.75) is 291 Å². The summed E-state index contributed by atoms with van der Waals surface area (Å²) < 4.78 is 410. The molecule has 0 amide bonds. The average molecular weight is 2120 g/mol. The van der Waals surface area contributed by atoms with E-state index in [9.17, 15) is 191 Å². The van der Waals surface area contributed by atoms with Crippen LogP contribution in [0.25, 0.3) is 0 Å². The zero-order valence-electron chi connectivity index (χ0n) is 75.8. The average Bonchev–Trinajstić information content (AvgIpc) is 1.16. The Kier molecular flexibility index (Phi) is 40.8. The Morgan fingerprint density at radius 2 is 0.804 bits per heavy atom. The van der Waals surface area contributed by atoms with Crippen molar-refractivity contribution in [2.24, 2.45) is 90.7 Å². The molecule has 5 fully saturated rings. The Morgan fingerprint density at radius 1 is 0.428 bits per heavy atom. The second-order valence-corrected chi connectivity index (χ2v) is 38.2. The third-order valence-corrected chi connectivity index (χ3v) is 26.4. The zero-order valence-corrected chi connectivity index (χ0v) is 77.3. The number of alkyl halides is 31. The van der Waals surface area contributed by atoms with E-state index in [2.05, 4.69) is 69.5 Å². The molecule has 5 saturated carbocycles. The maximum atomic E-state index is 13.8. The van der Waals surface area contributed by atoms with E-state index in [1.165, 1.54) is 99.6 Å². The fourth-order valence-corrected chi connectivity index (χ4v) is 19.5. The van der Waals surface area contributed by atoms with Gasteiger partial charge in [0.05, 0.1) is 18.9 Å². The number of carbonyl (C=O) groups is 7. The van der Waals surface area contributed by atoms with Crippen molar-refractivity contribution in [3.8, 4) is 0 Å². The molecule has 0 bridgehead atoms. The number of aliphatic hydroxyl groups is 5. The first-order chi connectivity index (χ1) is 61.9. The number of aliphatic carboxylic acids is 2. The number of carboxylic acids is 2. The Bertz CT molecular complexity index is 4370. The van der Waals surface area contributed by atoms with Crippen LogP contribution in [0.4, 0.5) is 132 Å². The van der Waals surface area contributed by atoms with Gasteiger partial charge in [0, 0.05) is 11.8 Å². The first-order valence-electron chi connectivity index (χ1n) is 41.7. The summed E-state index contributed by atoms with van der Waals surface area (Å²) in [5, 5.41) is 67.2. The number of carboxylic acid groups (broad SMARTS) is 2. The Hall–Kier alpha value is -7.91. The van der Waals surface area contributed by atoms with Gasteiger partial charge in [-0.25, -0.2) is 0 Å². The Morgan fingerprint density at radius 3 is 1.12 bits per heavy atom. The predicted octanol–water partition coefficient (Wildman–Crippen LogP) is 22.4. The minimum Gasteiger partial charge on any atom is -0.481 e.